The fourth-order valence-electron chi connectivity index (χ4n) is 3.02. The highest BCUT2D eigenvalue weighted by Gasteiger charge is 2.27. The minimum atomic E-state index is -0.0241. The molecular formula is C15H21Cl2N. The molecule has 0 radical (unpaired) electrons. The van der Waals surface area contributed by atoms with Crippen molar-refractivity contribution < 1.29 is 0 Å². The van der Waals surface area contributed by atoms with Crippen molar-refractivity contribution >= 4 is 23.2 Å². The van der Waals surface area contributed by atoms with Gasteiger partial charge in [-0.25, -0.2) is 0 Å². The van der Waals surface area contributed by atoms with Gasteiger partial charge in [-0.05, 0) is 36.8 Å². The van der Waals surface area contributed by atoms with Gasteiger partial charge in [0, 0.05) is 21.7 Å². The Morgan fingerprint density at radius 3 is 2.22 bits per heavy atom. The molecule has 2 N–H and O–H groups in total. The Morgan fingerprint density at radius 2 is 1.72 bits per heavy atom. The van der Waals surface area contributed by atoms with Crippen LogP contribution in [-0.2, 0) is 0 Å². The molecule has 100 valence electrons. The summed E-state index contributed by atoms with van der Waals surface area (Å²) in [5, 5.41) is 1.40. The molecule has 18 heavy (non-hydrogen) atoms. The summed E-state index contributed by atoms with van der Waals surface area (Å²) in [6, 6.07) is 5.60. The van der Waals surface area contributed by atoms with E-state index in [9.17, 15) is 0 Å². The second-order valence-electron chi connectivity index (χ2n) is 5.35. The van der Waals surface area contributed by atoms with Gasteiger partial charge in [-0.3, -0.25) is 0 Å². The van der Waals surface area contributed by atoms with Gasteiger partial charge in [-0.2, -0.15) is 0 Å². The van der Waals surface area contributed by atoms with Crippen LogP contribution in [0, 0.1) is 11.8 Å². The number of benzene rings is 1. The third-order valence-electron chi connectivity index (χ3n) is 4.31. The molecule has 1 atom stereocenters. The molecule has 0 saturated heterocycles. The maximum atomic E-state index is 6.39. The van der Waals surface area contributed by atoms with E-state index in [0.29, 0.717) is 16.0 Å². The van der Waals surface area contributed by atoms with E-state index in [1.54, 1.807) is 0 Å². The molecule has 1 unspecified atom stereocenters. The maximum Gasteiger partial charge on any atom is 0.0468 e. The van der Waals surface area contributed by atoms with Crippen LogP contribution in [0.3, 0.4) is 0 Å². The van der Waals surface area contributed by atoms with Crippen LogP contribution in [0.2, 0.25) is 10.0 Å². The molecular weight excluding hydrogens is 265 g/mol. The molecule has 1 fully saturated rings. The number of hydrogen-bond acceptors (Lipinski definition) is 1. The largest absolute Gasteiger partial charge is 0.324 e. The Bertz CT molecular complexity index is 377. The molecule has 0 amide bonds. The van der Waals surface area contributed by atoms with Gasteiger partial charge in [0.2, 0.25) is 0 Å². The van der Waals surface area contributed by atoms with Crippen molar-refractivity contribution in [3.63, 3.8) is 0 Å². The van der Waals surface area contributed by atoms with Crippen LogP contribution in [0.5, 0.6) is 0 Å². The highest BCUT2D eigenvalue weighted by Crippen LogP contribution is 2.40. The summed E-state index contributed by atoms with van der Waals surface area (Å²) >= 11 is 12.5. The zero-order valence-corrected chi connectivity index (χ0v) is 12.3. The van der Waals surface area contributed by atoms with Gasteiger partial charge in [-0.15, -0.1) is 0 Å². The van der Waals surface area contributed by atoms with E-state index in [1.165, 1.54) is 32.1 Å². The van der Waals surface area contributed by atoms with Gasteiger partial charge >= 0.3 is 0 Å². The zero-order chi connectivity index (χ0) is 13.1. The Hall–Kier alpha value is -0.240. The van der Waals surface area contributed by atoms with E-state index in [2.05, 4.69) is 6.92 Å². The molecule has 0 aromatic heterocycles. The van der Waals surface area contributed by atoms with E-state index >= 15 is 0 Å². The van der Waals surface area contributed by atoms with Gasteiger partial charge in [0.25, 0.3) is 0 Å². The molecule has 2 rings (SSSR count). The fraction of sp³-hybridized carbons (Fsp3) is 0.600. The van der Waals surface area contributed by atoms with E-state index in [4.69, 9.17) is 28.9 Å². The molecule has 0 bridgehead atoms. The normalized spacial score (nSPS) is 26.0. The molecule has 3 heteroatoms. The van der Waals surface area contributed by atoms with Gasteiger partial charge in [-0.1, -0.05) is 55.5 Å². The first-order valence-corrected chi connectivity index (χ1v) is 7.58. The summed E-state index contributed by atoms with van der Waals surface area (Å²) in [4.78, 5) is 0. The van der Waals surface area contributed by atoms with E-state index in [1.807, 2.05) is 18.2 Å². The monoisotopic (exact) mass is 285 g/mol. The minimum absolute atomic E-state index is 0.0241. The molecule has 1 aliphatic rings. The van der Waals surface area contributed by atoms with E-state index < -0.39 is 0 Å². The lowest BCUT2D eigenvalue weighted by atomic mass is 9.76. The Labute approximate surface area is 120 Å². The average Bonchev–Trinajstić information content (AvgIpc) is 2.38. The van der Waals surface area contributed by atoms with Gasteiger partial charge in [0.05, 0.1) is 0 Å². The van der Waals surface area contributed by atoms with Crippen LogP contribution in [0.4, 0.5) is 0 Å². The first-order chi connectivity index (χ1) is 8.63. The molecule has 1 aliphatic carbocycles. The van der Waals surface area contributed by atoms with Crippen LogP contribution < -0.4 is 5.73 Å². The average molecular weight is 286 g/mol. The van der Waals surface area contributed by atoms with Gasteiger partial charge in [0.1, 0.15) is 0 Å². The Kier molecular flexibility index (Phi) is 4.94. The van der Waals surface area contributed by atoms with Crippen molar-refractivity contribution in [3.8, 4) is 0 Å². The SMILES string of the molecule is CCC1CCC(C(N)c2c(Cl)cccc2Cl)CC1. The topological polar surface area (TPSA) is 26.0 Å². The number of rotatable bonds is 3. The van der Waals surface area contributed by atoms with E-state index in [-0.39, 0.29) is 6.04 Å². The summed E-state index contributed by atoms with van der Waals surface area (Å²) in [6.07, 6.45) is 6.26. The van der Waals surface area contributed by atoms with Crippen molar-refractivity contribution in [3.05, 3.63) is 33.8 Å². The quantitative estimate of drug-likeness (QED) is 0.811. The molecule has 1 nitrogen and oxygen atoms in total. The lowest BCUT2D eigenvalue weighted by molar-refractivity contribution is 0.240. The summed E-state index contributed by atoms with van der Waals surface area (Å²) < 4.78 is 0. The summed E-state index contributed by atoms with van der Waals surface area (Å²) in [6.45, 7) is 2.27. The molecule has 1 aromatic rings. The third-order valence-corrected chi connectivity index (χ3v) is 4.97. The highest BCUT2D eigenvalue weighted by atomic mass is 35.5. The van der Waals surface area contributed by atoms with Crippen LogP contribution in [0.25, 0.3) is 0 Å². The number of halogens is 2. The molecule has 0 heterocycles. The van der Waals surface area contributed by atoms with Crippen molar-refractivity contribution in [1.82, 2.24) is 0 Å². The van der Waals surface area contributed by atoms with Gasteiger partial charge in [0.15, 0.2) is 0 Å². The van der Waals surface area contributed by atoms with Crippen molar-refractivity contribution in [2.75, 3.05) is 0 Å². The van der Waals surface area contributed by atoms with Crippen molar-refractivity contribution in [2.45, 2.75) is 45.1 Å². The van der Waals surface area contributed by atoms with Crippen LogP contribution in [0.15, 0.2) is 18.2 Å². The summed E-state index contributed by atoms with van der Waals surface area (Å²) in [7, 11) is 0. The van der Waals surface area contributed by atoms with E-state index in [0.717, 1.165) is 11.5 Å². The molecule has 1 aromatic carbocycles. The van der Waals surface area contributed by atoms with Crippen molar-refractivity contribution in [1.29, 1.82) is 0 Å². The van der Waals surface area contributed by atoms with Crippen LogP contribution >= 0.6 is 23.2 Å². The predicted octanol–water partition coefficient (Wildman–Crippen LogP) is 5.21. The standard InChI is InChI=1S/C15H21Cl2N/c1-2-10-6-8-11(9-7-10)15(18)14-12(16)4-3-5-13(14)17/h3-5,10-11,15H,2,6-9,18H2,1H3. The number of nitrogens with two attached hydrogens (primary N) is 1. The Morgan fingerprint density at radius 1 is 1.17 bits per heavy atom. The van der Waals surface area contributed by atoms with Crippen LogP contribution in [-0.4, -0.2) is 0 Å². The Balaban J connectivity index is 2.10. The fourth-order valence-corrected chi connectivity index (χ4v) is 3.67. The first-order valence-electron chi connectivity index (χ1n) is 6.83. The number of hydrogen-bond donors (Lipinski definition) is 1. The second-order valence-corrected chi connectivity index (χ2v) is 6.16. The molecule has 0 spiro atoms. The lowest BCUT2D eigenvalue weighted by Crippen LogP contribution is -2.26. The van der Waals surface area contributed by atoms with Crippen LogP contribution in [0.1, 0.15) is 50.6 Å². The lowest BCUT2D eigenvalue weighted by Gasteiger charge is -2.32. The summed E-state index contributed by atoms with van der Waals surface area (Å²) in [5.41, 5.74) is 7.32. The minimum Gasteiger partial charge on any atom is -0.324 e. The second kappa shape index (κ2) is 6.27. The smallest absolute Gasteiger partial charge is 0.0468 e. The van der Waals surface area contributed by atoms with Gasteiger partial charge < -0.3 is 5.73 Å². The first kappa shape index (κ1) is 14.2. The van der Waals surface area contributed by atoms with Crippen molar-refractivity contribution in [2.24, 2.45) is 17.6 Å². The zero-order valence-electron chi connectivity index (χ0n) is 10.8. The summed E-state index contributed by atoms with van der Waals surface area (Å²) in [5.74, 6) is 1.40. The third kappa shape index (κ3) is 3.01. The molecule has 1 saturated carbocycles. The highest BCUT2D eigenvalue weighted by molar-refractivity contribution is 6.36. The predicted molar refractivity (Wildman–Crippen MR) is 79.1 cm³/mol. The maximum absolute atomic E-state index is 6.39. The molecule has 0 aliphatic heterocycles.